The summed E-state index contributed by atoms with van der Waals surface area (Å²) in [5.41, 5.74) is 6.95. The molecule has 3 N–H and O–H groups in total. The molecule has 0 aliphatic heterocycles. The van der Waals surface area contributed by atoms with Gasteiger partial charge in [0.25, 0.3) is 0 Å². The van der Waals surface area contributed by atoms with Gasteiger partial charge < -0.3 is 15.8 Å². The molecule has 0 fully saturated rings. The molecule has 1 aromatic heterocycles. The van der Waals surface area contributed by atoms with Crippen LogP contribution in [0.2, 0.25) is 0 Å². The second kappa shape index (κ2) is 6.01. The van der Waals surface area contributed by atoms with Crippen molar-refractivity contribution >= 4 is 27.0 Å². The number of hydrogen-bond acceptors (Lipinski definition) is 6. The molecular weight excluding hydrogens is 290 g/mol. The van der Waals surface area contributed by atoms with E-state index >= 15 is 0 Å². The van der Waals surface area contributed by atoms with Crippen molar-refractivity contribution in [2.45, 2.75) is 11.8 Å². The highest BCUT2D eigenvalue weighted by atomic mass is 32.2. The third-order valence-electron chi connectivity index (χ3n) is 2.73. The van der Waals surface area contributed by atoms with Gasteiger partial charge in [-0.2, -0.15) is 4.98 Å². The molecule has 2 aromatic rings. The number of anilines is 3. The van der Waals surface area contributed by atoms with Crippen LogP contribution in [-0.4, -0.2) is 26.3 Å². The predicted octanol–water partition coefficient (Wildman–Crippen LogP) is 2.21. The smallest absolute Gasteiger partial charge is 0.239 e. The van der Waals surface area contributed by atoms with E-state index in [4.69, 9.17) is 10.5 Å². The van der Waals surface area contributed by atoms with Crippen LogP contribution in [0.1, 0.15) is 6.92 Å². The minimum absolute atomic E-state index is 0.272. The van der Waals surface area contributed by atoms with Crippen LogP contribution in [0.25, 0.3) is 0 Å². The lowest BCUT2D eigenvalue weighted by atomic mass is 10.3. The lowest BCUT2D eigenvalue weighted by molar-refractivity contribution is 0.329. The maximum atomic E-state index is 11.4. The van der Waals surface area contributed by atoms with E-state index in [1.54, 1.807) is 36.4 Å². The fourth-order valence-corrected chi connectivity index (χ4v) is 2.34. The van der Waals surface area contributed by atoms with Crippen molar-refractivity contribution in [3.63, 3.8) is 0 Å². The highest BCUT2D eigenvalue weighted by Gasteiger charge is 2.07. The number of hydrogen-bond donors (Lipinski definition) is 2. The fourth-order valence-electron chi connectivity index (χ4n) is 1.71. The average molecular weight is 307 g/mol. The summed E-state index contributed by atoms with van der Waals surface area (Å²) < 4.78 is 28.1. The van der Waals surface area contributed by atoms with Gasteiger partial charge in [0.2, 0.25) is 5.88 Å². The number of rotatable bonds is 5. The monoisotopic (exact) mass is 307 g/mol. The van der Waals surface area contributed by atoms with Gasteiger partial charge in [0.1, 0.15) is 5.82 Å². The third kappa shape index (κ3) is 3.85. The number of nitrogen functional groups attached to an aromatic ring is 1. The number of nitrogens with one attached hydrogen (secondary N) is 1. The summed E-state index contributed by atoms with van der Waals surface area (Å²) in [5, 5.41) is 3.07. The highest BCUT2D eigenvalue weighted by molar-refractivity contribution is 7.90. The van der Waals surface area contributed by atoms with Gasteiger partial charge in [0.05, 0.1) is 17.2 Å². The van der Waals surface area contributed by atoms with Crippen LogP contribution in [0.3, 0.4) is 0 Å². The second-order valence-electron chi connectivity index (χ2n) is 4.45. The number of nitrogens with two attached hydrogens (primary N) is 1. The molecule has 0 amide bonds. The Bertz CT molecular complexity index is 728. The number of benzene rings is 1. The summed E-state index contributed by atoms with van der Waals surface area (Å²) >= 11 is 0. The second-order valence-corrected chi connectivity index (χ2v) is 6.46. The summed E-state index contributed by atoms with van der Waals surface area (Å²) in [6.07, 6.45) is 1.17. The summed E-state index contributed by atoms with van der Waals surface area (Å²) in [6, 6.07) is 9.86. The standard InChI is InChI=1S/C14H17N3O3S/c1-3-20-14-12(15)8-9-13(17-14)16-10-4-6-11(7-5-10)21(2,18)19/h4-9H,3,15H2,1-2H3,(H,16,17). The number of sulfone groups is 1. The minimum Gasteiger partial charge on any atom is -0.476 e. The van der Waals surface area contributed by atoms with Crippen molar-refractivity contribution < 1.29 is 13.2 Å². The van der Waals surface area contributed by atoms with E-state index < -0.39 is 9.84 Å². The van der Waals surface area contributed by atoms with Gasteiger partial charge in [-0.3, -0.25) is 0 Å². The van der Waals surface area contributed by atoms with Gasteiger partial charge in [0.15, 0.2) is 9.84 Å². The van der Waals surface area contributed by atoms with E-state index in [2.05, 4.69) is 10.3 Å². The molecule has 0 unspecified atom stereocenters. The Morgan fingerprint density at radius 2 is 1.86 bits per heavy atom. The first-order chi connectivity index (χ1) is 9.90. The van der Waals surface area contributed by atoms with Gasteiger partial charge in [-0.1, -0.05) is 0 Å². The summed E-state index contributed by atoms with van der Waals surface area (Å²) in [7, 11) is -3.19. The van der Waals surface area contributed by atoms with Crippen molar-refractivity contribution in [3.8, 4) is 5.88 Å². The number of nitrogens with zero attached hydrogens (tertiary/aromatic N) is 1. The van der Waals surface area contributed by atoms with Crippen LogP contribution in [0, 0.1) is 0 Å². The normalized spacial score (nSPS) is 11.1. The first-order valence-corrected chi connectivity index (χ1v) is 8.25. The van der Waals surface area contributed by atoms with Crippen molar-refractivity contribution in [1.82, 2.24) is 4.98 Å². The molecule has 7 heteroatoms. The molecule has 0 spiro atoms. The van der Waals surface area contributed by atoms with Crippen LogP contribution < -0.4 is 15.8 Å². The molecule has 21 heavy (non-hydrogen) atoms. The minimum atomic E-state index is -3.19. The summed E-state index contributed by atoms with van der Waals surface area (Å²) in [5.74, 6) is 0.940. The Balaban J connectivity index is 2.20. The van der Waals surface area contributed by atoms with Gasteiger partial charge in [-0.05, 0) is 43.3 Å². The zero-order valence-corrected chi connectivity index (χ0v) is 12.6. The molecule has 0 aliphatic rings. The van der Waals surface area contributed by atoms with E-state index in [1.807, 2.05) is 6.92 Å². The van der Waals surface area contributed by atoms with E-state index in [9.17, 15) is 8.42 Å². The Labute approximate surface area is 123 Å². The maximum absolute atomic E-state index is 11.4. The topological polar surface area (TPSA) is 94.3 Å². The lowest BCUT2D eigenvalue weighted by Gasteiger charge is -2.10. The Kier molecular flexibility index (Phi) is 4.32. The molecule has 6 nitrogen and oxygen atoms in total. The summed E-state index contributed by atoms with van der Waals surface area (Å²) in [4.78, 5) is 4.52. The molecular formula is C14H17N3O3S. The Hall–Kier alpha value is -2.28. The maximum Gasteiger partial charge on any atom is 0.239 e. The first kappa shape index (κ1) is 15.1. The predicted molar refractivity (Wildman–Crippen MR) is 82.7 cm³/mol. The molecule has 2 rings (SSSR count). The number of aromatic nitrogens is 1. The first-order valence-electron chi connectivity index (χ1n) is 6.36. The molecule has 0 atom stereocenters. The van der Waals surface area contributed by atoms with Gasteiger partial charge in [-0.25, -0.2) is 8.42 Å². The van der Waals surface area contributed by atoms with E-state index in [1.165, 1.54) is 6.26 Å². The molecule has 1 heterocycles. The van der Waals surface area contributed by atoms with Crippen LogP contribution in [0.5, 0.6) is 5.88 Å². The number of pyridine rings is 1. The van der Waals surface area contributed by atoms with Crippen LogP contribution in [0.15, 0.2) is 41.3 Å². The fraction of sp³-hybridized carbons (Fsp3) is 0.214. The Morgan fingerprint density at radius 3 is 2.43 bits per heavy atom. The molecule has 112 valence electrons. The van der Waals surface area contributed by atoms with Crippen molar-refractivity contribution in [2.75, 3.05) is 23.9 Å². The molecule has 0 bridgehead atoms. The zero-order chi connectivity index (χ0) is 15.5. The lowest BCUT2D eigenvalue weighted by Crippen LogP contribution is -2.02. The van der Waals surface area contributed by atoms with Crippen LogP contribution in [0.4, 0.5) is 17.2 Å². The highest BCUT2D eigenvalue weighted by Crippen LogP contribution is 2.23. The molecule has 1 aromatic carbocycles. The molecule has 0 saturated carbocycles. The molecule has 0 radical (unpaired) electrons. The quantitative estimate of drug-likeness (QED) is 0.879. The largest absolute Gasteiger partial charge is 0.476 e. The van der Waals surface area contributed by atoms with Crippen LogP contribution in [-0.2, 0) is 9.84 Å². The zero-order valence-electron chi connectivity index (χ0n) is 11.8. The van der Waals surface area contributed by atoms with Gasteiger partial charge in [0, 0.05) is 11.9 Å². The Morgan fingerprint density at radius 1 is 1.19 bits per heavy atom. The van der Waals surface area contributed by atoms with Crippen molar-refractivity contribution in [3.05, 3.63) is 36.4 Å². The van der Waals surface area contributed by atoms with E-state index in [-0.39, 0.29) is 4.90 Å². The number of ether oxygens (including phenoxy) is 1. The third-order valence-corrected chi connectivity index (χ3v) is 3.85. The van der Waals surface area contributed by atoms with E-state index in [0.717, 1.165) is 5.69 Å². The van der Waals surface area contributed by atoms with Crippen molar-refractivity contribution in [1.29, 1.82) is 0 Å². The van der Waals surface area contributed by atoms with Gasteiger partial charge in [-0.15, -0.1) is 0 Å². The van der Waals surface area contributed by atoms with Gasteiger partial charge >= 0.3 is 0 Å². The molecule has 0 aliphatic carbocycles. The van der Waals surface area contributed by atoms with Crippen LogP contribution >= 0.6 is 0 Å². The van der Waals surface area contributed by atoms with E-state index in [0.29, 0.717) is 24.0 Å². The summed E-state index contributed by atoms with van der Waals surface area (Å²) in [6.45, 7) is 2.33. The SMILES string of the molecule is CCOc1nc(Nc2ccc(S(C)(=O)=O)cc2)ccc1N. The van der Waals surface area contributed by atoms with Crippen molar-refractivity contribution in [2.24, 2.45) is 0 Å². The average Bonchev–Trinajstić information content (AvgIpc) is 2.42. The molecule has 0 saturated heterocycles.